The summed E-state index contributed by atoms with van der Waals surface area (Å²) in [6, 6.07) is 22.4. The molecule has 0 aromatic heterocycles. The molecule has 0 aliphatic carbocycles. The number of unbranched alkanes of at least 4 members (excludes halogenated alkanes) is 10. The molecule has 2 aromatic rings. The first-order chi connectivity index (χ1) is 17.4. The topological polar surface area (TPSA) is 51.2 Å². The van der Waals surface area contributed by atoms with Crippen LogP contribution in [0.3, 0.4) is 0 Å². The average molecular weight is 539 g/mol. The fourth-order valence-corrected chi connectivity index (χ4v) is 4.30. The molecular weight excluding hydrogens is 487 g/mol. The minimum absolute atomic E-state index is 0. The maximum Gasteiger partial charge on any atom is 1.00 e. The van der Waals surface area contributed by atoms with Gasteiger partial charge in [0.2, 0.25) is 0 Å². The fourth-order valence-electron chi connectivity index (χ4n) is 4.30. The first-order valence-corrected chi connectivity index (χ1v) is 15.2. The van der Waals surface area contributed by atoms with Gasteiger partial charge in [-0.2, -0.15) is 35.9 Å². The van der Waals surface area contributed by atoms with E-state index in [0.717, 1.165) is 5.92 Å². The molecule has 0 fully saturated rings. The van der Waals surface area contributed by atoms with E-state index in [9.17, 15) is 0 Å². The van der Waals surface area contributed by atoms with Gasteiger partial charge in [0.25, 0.3) is 0 Å². The quantitative estimate of drug-likeness (QED) is 0.133. The molecule has 0 saturated carbocycles. The smallest absolute Gasteiger partial charge is 0.184 e. The van der Waals surface area contributed by atoms with Gasteiger partial charge in [0.15, 0.2) is 0 Å². The van der Waals surface area contributed by atoms with E-state index in [2.05, 4.69) is 76.2 Å². The second-order valence-corrected chi connectivity index (χ2v) is 10.3. The Morgan fingerprint density at radius 3 is 1.35 bits per heavy atom. The monoisotopic (exact) mass is 538 g/mol. The van der Waals surface area contributed by atoms with E-state index < -0.39 is 10.6 Å². The number of benzene rings is 2. The van der Waals surface area contributed by atoms with Gasteiger partial charge in [-0.1, -0.05) is 135 Å². The van der Waals surface area contributed by atoms with Crippen LogP contribution in [0.1, 0.15) is 141 Å². The Morgan fingerprint density at radius 1 is 0.595 bits per heavy atom. The molecule has 37 heavy (non-hydrogen) atoms. The molecule has 204 valence electrons. The average Bonchev–Trinajstić information content (AvgIpc) is 2.89. The van der Waals surface area contributed by atoms with Crippen LogP contribution in [0.25, 0.3) is 0 Å². The summed E-state index contributed by atoms with van der Waals surface area (Å²) < 4.78 is 25.3. The molecule has 0 heterocycles. The normalized spacial score (nSPS) is 11.6. The van der Waals surface area contributed by atoms with Gasteiger partial charge in [-0.15, -0.1) is 12.6 Å². The van der Waals surface area contributed by atoms with Gasteiger partial charge < -0.3 is 0 Å². The Labute approximate surface area is 252 Å². The second kappa shape index (κ2) is 28.1. The largest absolute Gasteiger partial charge is 1.00 e. The predicted octanol–water partition coefficient (Wildman–Crippen LogP) is 6.88. The Hall–Kier alpha value is -0.940. The SMILES string of the molecule is CCCCCCCCC(C)c1cc[c-]cc1.CCCCCCCCC(C)c1ccccc1.O=S(=O)=O.[Na+]. The van der Waals surface area contributed by atoms with Crippen molar-refractivity contribution >= 4 is 10.6 Å². The van der Waals surface area contributed by atoms with Gasteiger partial charge in [-0.3, -0.25) is 0 Å². The zero-order valence-corrected chi connectivity index (χ0v) is 27.2. The zero-order chi connectivity index (χ0) is 26.9. The van der Waals surface area contributed by atoms with Crippen molar-refractivity contribution in [3.05, 3.63) is 71.8 Å². The Kier molecular flexibility index (Phi) is 29.0. The third kappa shape index (κ3) is 25.1. The Balaban J connectivity index is 0. The summed E-state index contributed by atoms with van der Waals surface area (Å²) >= 11 is 0. The van der Waals surface area contributed by atoms with Crippen LogP contribution in [0.15, 0.2) is 54.6 Å². The molecule has 2 atom stereocenters. The minimum atomic E-state index is -3.11. The van der Waals surface area contributed by atoms with Gasteiger partial charge in [-0.05, 0) is 30.2 Å². The summed E-state index contributed by atoms with van der Waals surface area (Å²) in [5.41, 5.74) is 2.96. The maximum absolute atomic E-state index is 8.44. The maximum atomic E-state index is 8.44. The molecule has 3 nitrogen and oxygen atoms in total. The van der Waals surface area contributed by atoms with E-state index in [0.29, 0.717) is 5.92 Å². The van der Waals surface area contributed by atoms with E-state index in [1.165, 1.54) is 101 Å². The van der Waals surface area contributed by atoms with Crippen LogP contribution in [0.4, 0.5) is 0 Å². The summed E-state index contributed by atoms with van der Waals surface area (Å²) in [7, 11) is -3.11. The minimum Gasteiger partial charge on any atom is -0.184 e. The van der Waals surface area contributed by atoms with Crippen molar-refractivity contribution in [1.82, 2.24) is 0 Å². The molecule has 0 bridgehead atoms. The first kappa shape index (κ1) is 38.2. The van der Waals surface area contributed by atoms with Crippen LogP contribution in [0.2, 0.25) is 0 Å². The molecule has 2 rings (SSSR count). The number of rotatable bonds is 16. The summed E-state index contributed by atoms with van der Waals surface area (Å²) in [4.78, 5) is 0. The van der Waals surface area contributed by atoms with Crippen molar-refractivity contribution in [1.29, 1.82) is 0 Å². The van der Waals surface area contributed by atoms with E-state index in [1.54, 1.807) is 0 Å². The third-order valence-electron chi connectivity index (χ3n) is 6.66. The molecular formula is C32H51NaO3S. The van der Waals surface area contributed by atoms with Gasteiger partial charge in [0.1, 0.15) is 0 Å². The molecule has 0 radical (unpaired) electrons. The zero-order valence-electron chi connectivity index (χ0n) is 24.4. The van der Waals surface area contributed by atoms with E-state index >= 15 is 0 Å². The van der Waals surface area contributed by atoms with Crippen molar-refractivity contribution in [2.45, 2.75) is 129 Å². The van der Waals surface area contributed by atoms with Crippen molar-refractivity contribution in [2.24, 2.45) is 0 Å². The summed E-state index contributed by atoms with van der Waals surface area (Å²) in [6.45, 7) is 9.23. The fraction of sp³-hybridized carbons (Fsp3) is 0.625. The van der Waals surface area contributed by atoms with E-state index in [1.807, 2.05) is 12.1 Å². The molecule has 0 saturated heterocycles. The predicted molar refractivity (Wildman–Crippen MR) is 154 cm³/mol. The van der Waals surface area contributed by atoms with Crippen LogP contribution in [-0.2, 0) is 10.6 Å². The molecule has 0 N–H and O–H groups in total. The van der Waals surface area contributed by atoms with Crippen LogP contribution in [0.5, 0.6) is 0 Å². The molecule has 5 heteroatoms. The Bertz CT molecular complexity index is 762. The molecule has 0 aliphatic heterocycles. The second-order valence-electron chi connectivity index (χ2n) is 9.86. The first-order valence-electron chi connectivity index (χ1n) is 14.2. The number of hydrogen-bond donors (Lipinski definition) is 0. The number of hydrogen-bond acceptors (Lipinski definition) is 3. The molecule has 2 aromatic carbocycles. The van der Waals surface area contributed by atoms with Crippen LogP contribution in [-0.4, -0.2) is 12.6 Å². The molecule has 0 spiro atoms. The van der Waals surface area contributed by atoms with Gasteiger partial charge in [0.05, 0.1) is 0 Å². The van der Waals surface area contributed by atoms with Crippen LogP contribution < -0.4 is 29.6 Å². The van der Waals surface area contributed by atoms with Gasteiger partial charge in [0, 0.05) is 0 Å². The molecule has 0 amide bonds. The van der Waals surface area contributed by atoms with Crippen molar-refractivity contribution in [2.75, 3.05) is 0 Å². The van der Waals surface area contributed by atoms with E-state index in [4.69, 9.17) is 12.6 Å². The summed E-state index contributed by atoms with van der Waals surface area (Å²) in [5.74, 6) is 1.44. The Morgan fingerprint density at radius 2 is 0.946 bits per heavy atom. The third-order valence-corrected chi connectivity index (χ3v) is 6.66. The summed E-state index contributed by atoms with van der Waals surface area (Å²) in [5, 5.41) is 0. The standard InChI is InChI=1S/C16H26.C16H25.Na.O3S/c2*1-3-4-5-6-7-9-12-15(2)16-13-10-8-11-14-16;;1-4(2)3/h8,10-11,13-15H,3-7,9,12H2,1-2H3;10-11,13-15H,3-7,9,12H2,1-2H3;;/q;-1;+1;. The van der Waals surface area contributed by atoms with Crippen LogP contribution in [0, 0.1) is 6.07 Å². The van der Waals surface area contributed by atoms with Crippen molar-refractivity contribution < 1.29 is 42.2 Å². The van der Waals surface area contributed by atoms with Crippen molar-refractivity contribution in [3.8, 4) is 0 Å². The van der Waals surface area contributed by atoms with Crippen molar-refractivity contribution in [3.63, 3.8) is 0 Å². The molecule has 2 unspecified atom stereocenters. The van der Waals surface area contributed by atoms with Gasteiger partial charge >= 0.3 is 40.2 Å². The van der Waals surface area contributed by atoms with Crippen LogP contribution >= 0.6 is 0 Å². The van der Waals surface area contributed by atoms with E-state index in [-0.39, 0.29) is 29.6 Å². The summed E-state index contributed by atoms with van der Waals surface area (Å²) in [6.07, 6.45) is 19.5. The molecule has 0 aliphatic rings. The van der Waals surface area contributed by atoms with Gasteiger partial charge in [-0.25, -0.2) is 0 Å².